The van der Waals surface area contributed by atoms with Crippen LogP contribution in [-0.4, -0.2) is 33.2 Å². The van der Waals surface area contributed by atoms with Crippen molar-refractivity contribution in [3.8, 4) is 0 Å². The highest BCUT2D eigenvalue weighted by Gasteiger charge is 2.13. The van der Waals surface area contributed by atoms with E-state index in [-0.39, 0.29) is 25.1 Å². The molecule has 0 bridgehead atoms. The number of aliphatic hydroxyl groups excluding tert-OH is 1. The third kappa shape index (κ3) is 3.76. The Bertz CT molecular complexity index is 783. The summed E-state index contributed by atoms with van der Waals surface area (Å²) in [4.78, 5) is 16.5. The van der Waals surface area contributed by atoms with E-state index < -0.39 is 0 Å². The summed E-state index contributed by atoms with van der Waals surface area (Å²) in [6.45, 7) is 0.0944. The van der Waals surface area contributed by atoms with Crippen LogP contribution in [-0.2, 0) is 17.8 Å². The van der Waals surface area contributed by atoms with E-state index in [4.69, 9.17) is 0 Å². The molecule has 0 unspecified atom stereocenters. The minimum Gasteiger partial charge on any atom is -0.394 e. The summed E-state index contributed by atoms with van der Waals surface area (Å²) in [6.07, 6.45) is 2.27. The molecule has 0 saturated carbocycles. The Kier molecular flexibility index (Phi) is 4.68. The largest absolute Gasteiger partial charge is 0.394 e. The number of carbonyl (C=O) groups excluding carboxylic acids is 1. The van der Waals surface area contributed by atoms with Gasteiger partial charge < -0.3 is 15.0 Å². The molecule has 1 aromatic heterocycles. The van der Waals surface area contributed by atoms with Crippen molar-refractivity contribution >= 4 is 16.9 Å². The van der Waals surface area contributed by atoms with Gasteiger partial charge in [-0.1, -0.05) is 42.5 Å². The van der Waals surface area contributed by atoms with Gasteiger partial charge in [0.15, 0.2) is 0 Å². The number of fused-ring (bicyclic) bond motifs is 1. The third-order valence-electron chi connectivity index (χ3n) is 3.75. The topological polar surface area (TPSA) is 67.2 Å². The van der Waals surface area contributed by atoms with E-state index in [1.54, 1.807) is 6.33 Å². The highest BCUT2D eigenvalue weighted by atomic mass is 16.3. The van der Waals surface area contributed by atoms with Gasteiger partial charge in [0, 0.05) is 0 Å². The Balaban J connectivity index is 1.63. The normalized spacial score (nSPS) is 12.2. The van der Waals surface area contributed by atoms with E-state index in [1.165, 1.54) is 0 Å². The quantitative estimate of drug-likeness (QED) is 0.729. The molecule has 0 aliphatic rings. The molecule has 2 aromatic carbocycles. The molecule has 118 valence electrons. The van der Waals surface area contributed by atoms with Crippen LogP contribution in [0.4, 0.5) is 0 Å². The second-order valence-electron chi connectivity index (χ2n) is 5.50. The van der Waals surface area contributed by atoms with Crippen molar-refractivity contribution in [3.63, 3.8) is 0 Å². The summed E-state index contributed by atoms with van der Waals surface area (Å²) in [5, 5.41) is 12.4. The smallest absolute Gasteiger partial charge is 0.240 e. The first-order valence-corrected chi connectivity index (χ1v) is 7.60. The summed E-state index contributed by atoms with van der Waals surface area (Å²) in [6, 6.07) is 17.2. The zero-order valence-corrected chi connectivity index (χ0v) is 12.7. The molecule has 0 aliphatic heterocycles. The van der Waals surface area contributed by atoms with Crippen LogP contribution in [0.1, 0.15) is 5.56 Å². The van der Waals surface area contributed by atoms with Gasteiger partial charge in [-0.05, 0) is 24.1 Å². The number of amides is 1. The number of rotatable bonds is 6. The molecule has 1 amide bonds. The van der Waals surface area contributed by atoms with Crippen molar-refractivity contribution < 1.29 is 9.90 Å². The number of hydrogen-bond acceptors (Lipinski definition) is 3. The average Bonchev–Trinajstić information content (AvgIpc) is 2.98. The maximum Gasteiger partial charge on any atom is 0.240 e. The molecule has 2 N–H and O–H groups in total. The minimum absolute atomic E-state index is 0.0920. The monoisotopic (exact) mass is 309 g/mol. The molecule has 1 heterocycles. The minimum atomic E-state index is -0.292. The van der Waals surface area contributed by atoms with E-state index in [0.717, 1.165) is 16.6 Å². The molecular weight excluding hydrogens is 290 g/mol. The van der Waals surface area contributed by atoms with Crippen LogP contribution in [0.3, 0.4) is 0 Å². The van der Waals surface area contributed by atoms with Gasteiger partial charge >= 0.3 is 0 Å². The van der Waals surface area contributed by atoms with Crippen LogP contribution in [0, 0.1) is 0 Å². The fourth-order valence-electron chi connectivity index (χ4n) is 2.62. The molecule has 23 heavy (non-hydrogen) atoms. The van der Waals surface area contributed by atoms with Crippen molar-refractivity contribution in [1.82, 2.24) is 14.9 Å². The summed E-state index contributed by atoms with van der Waals surface area (Å²) in [7, 11) is 0. The van der Waals surface area contributed by atoms with Crippen LogP contribution in [0.15, 0.2) is 60.9 Å². The zero-order chi connectivity index (χ0) is 16.1. The maximum atomic E-state index is 12.2. The van der Waals surface area contributed by atoms with Gasteiger partial charge in [-0.25, -0.2) is 4.98 Å². The molecule has 5 heteroatoms. The molecular formula is C18H19N3O2. The predicted octanol–water partition coefficient (Wildman–Crippen LogP) is 1.76. The molecule has 5 nitrogen and oxygen atoms in total. The van der Waals surface area contributed by atoms with Gasteiger partial charge in [0.2, 0.25) is 5.91 Å². The highest BCUT2D eigenvalue weighted by Crippen LogP contribution is 2.11. The van der Waals surface area contributed by atoms with Crippen molar-refractivity contribution in [1.29, 1.82) is 0 Å². The van der Waals surface area contributed by atoms with E-state index >= 15 is 0 Å². The molecule has 0 spiro atoms. The number of benzene rings is 2. The van der Waals surface area contributed by atoms with Crippen LogP contribution in [0.2, 0.25) is 0 Å². The van der Waals surface area contributed by atoms with E-state index in [2.05, 4.69) is 10.3 Å². The van der Waals surface area contributed by atoms with Gasteiger partial charge in [-0.3, -0.25) is 4.79 Å². The molecule has 0 radical (unpaired) electrons. The van der Waals surface area contributed by atoms with Gasteiger partial charge in [0.25, 0.3) is 0 Å². The molecule has 0 fully saturated rings. The number of aliphatic hydroxyl groups is 1. The lowest BCUT2D eigenvalue weighted by molar-refractivity contribution is -0.122. The highest BCUT2D eigenvalue weighted by molar-refractivity contribution is 5.80. The summed E-state index contributed by atoms with van der Waals surface area (Å²) in [5.41, 5.74) is 2.87. The van der Waals surface area contributed by atoms with Crippen LogP contribution >= 0.6 is 0 Å². The van der Waals surface area contributed by atoms with E-state index in [9.17, 15) is 9.90 Å². The van der Waals surface area contributed by atoms with Crippen molar-refractivity contribution in [3.05, 3.63) is 66.5 Å². The second-order valence-corrected chi connectivity index (χ2v) is 5.50. The van der Waals surface area contributed by atoms with E-state index in [0.29, 0.717) is 6.42 Å². The SMILES string of the molecule is O=C(Cn1cnc2ccccc21)N[C@H](CO)Cc1ccccc1. The Morgan fingerprint density at radius 3 is 2.65 bits per heavy atom. The number of aromatic nitrogens is 2. The number of nitrogens with one attached hydrogen (secondary N) is 1. The number of nitrogens with zero attached hydrogens (tertiary/aromatic N) is 2. The standard InChI is InChI=1S/C18H19N3O2/c22-12-15(10-14-6-2-1-3-7-14)20-18(23)11-21-13-19-16-8-4-5-9-17(16)21/h1-9,13,15,22H,10-12H2,(H,20,23)/t15-/m0/s1. The Hall–Kier alpha value is -2.66. The lowest BCUT2D eigenvalue weighted by Gasteiger charge is -2.16. The number of imidazole rings is 1. The zero-order valence-electron chi connectivity index (χ0n) is 12.7. The number of hydrogen-bond donors (Lipinski definition) is 2. The fourth-order valence-corrected chi connectivity index (χ4v) is 2.62. The lowest BCUT2D eigenvalue weighted by atomic mass is 10.1. The Morgan fingerprint density at radius 1 is 1.13 bits per heavy atom. The van der Waals surface area contributed by atoms with Crippen LogP contribution in [0.25, 0.3) is 11.0 Å². The summed E-state index contributed by atoms with van der Waals surface area (Å²) < 4.78 is 1.81. The van der Waals surface area contributed by atoms with Crippen LogP contribution < -0.4 is 5.32 Å². The van der Waals surface area contributed by atoms with Crippen molar-refractivity contribution in [2.45, 2.75) is 19.0 Å². The maximum absolute atomic E-state index is 12.2. The fraction of sp³-hybridized carbons (Fsp3) is 0.222. The van der Waals surface area contributed by atoms with Crippen molar-refractivity contribution in [2.75, 3.05) is 6.61 Å². The second kappa shape index (κ2) is 7.07. The Morgan fingerprint density at radius 2 is 1.87 bits per heavy atom. The molecule has 3 rings (SSSR count). The first-order chi connectivity index (χ1) is 11.3. The summed E-state index contributed by atoms with van der Waals surface area (Å²) in [5.74, 6) is -0.136. The van der Waals surface area contributed by atoms with Gasteiger partial charge in [0.05, 0.1) is 30.0 Å². The molecule has 1 atom stereocenters. The van der Waals surface area contributed by atoms with Crippen molar-refractivity contribution in [2.24, 2.45) is 0 Å². The number of carbonyl (C=O) groups is 1. The van der Waals surface area contributed by atoms with Gasteiger partial charge in [-0.15, -0.1) is 0 Å². The number of para-hydroxylation sites is 2. The first kappa shape index (κ1) is 15.2. The van der Waals surface area contributed by atoms with E-state index in [1.807, 2.05) is 59.2 Å². The molecule has 3 aromatic rings. The lowest BCUT2D eigenvalue weighted by Crippen LogP contribution is -2.40. The Labute approximate surface area is 134 Å². The average molecular weight is 309 g/mol. The predicted molar refractivity (Wildman–Crippen MR) is 88.9 cm³/mol. The molecule has 0 saturated heterocycles. The first-order valence-electron chi connectivity index (χ1n) is 7.60. The molecule has 0 aliphatic carbocycles. The van der Waals surface area contributed by atoms with Gasteiger partial charge in [-0.2, -0.15) is 0 Å². The van der Waals surface area contributed by atoms with Crippen LogP contribution in [0.5, 0.6) is 0 Å². The van der Waals surface area contributed by atoms with Gasteiger partial charge in [0.1, 0.15) is 6.54 Å². The third-order valence-corrected chi connectivity index (χ3v) is 3.75. The summed E-state index contributed by atoms with van der Waals surface area (Å²) >= 11 is 0.